The molecule has 1 heterocycles. The van der Waals surface area contributed by atoms with Gasteiger partial charge in [-0.25, -0.2) is 4.79 Å². The molecule has 0 saturated heterocycles. The summed E-state index contributed by atoms with van der Waals surface area (Å²) in [4.78, 5) is 11.3. The van der Waals surface area contributed by atoms with Crippen molar-refractivity contribution >= 4 is 11.0 Å². The van der Waals surface area contributed by atoms with Crippen molar-refractivity contribution < 1.29 is 13.9 Å². The molecular formula is C19H22O4. The number of ether oxygens (including phenoxy) is 2. The Bertz CT molecular complexity index is 793. The number of hydrogen-bond acceptors (Lipinski definition) is 4. The highest BCUT2D eigenvalue weighted by molar-refractivity contribution is 5.80. The molecule has 0 bridgehead atoms. The van der Waals surface area contributed by atoms with Crippen molar-refractivity contribution in [3.8, 4) is 11.5 Å². The van der Waals surface area contributed by atoms with Gasteiger partial charge in [-0.05, 0) is 51.3 Å². The lowest BCUT2D eigenvalue weighted by molar-refractivity contribution is 0.376. The summed E-state index contributed by atoms with van der Waals surface area (Å²) in [6.07, 6.45) is 5.82. The zero-order valence-electron chi connectivity index (χ0n) is 14.0. The molecule has 0 amide bonds. The fourth-order valence-electron chi connectivity index (χ4n) is 2.14. The van der Waals surface area contributed by atoms with Gasteiger partial charge in [0.25, 0.3) is 0 Å². The average Bonchev–Trinajstić information content (AvgIpc) is 2.51. The lowest BCUT2D eigenvalue weighted by atomic mass is 10.1. The third-order valence-electron chi connectivity index (χ3n) is 3.38. The number of benzene rings is 1. The molecule has 0 N–H and O–H groups in total. The van der Waals surface area contributed by atoms with Crippen LogP contribution in [0, 0.1) is 0 Å². The van der Waals surface area contributed by atoms with E-state index in [1.54, 1.807) is 31.6 Å². The van der Waals surface area contributed by atoms with Crippen LogP contribution in [-0.2, 0) is 0 Å². The van der Waals surface area contributed by atoms with Gasteiger partial charge >= 0.3 is 5.63 Å². The van der Waals surface area contributed by atoms with Crippen LogP contribution in [0.4, 0.5) is 0 Å². The molecule has 0 atom stereocenters. The molecule has 0 radical (unpaired) electrons. The molecule has 4 nitrogen and oxygen atoms in total. The maximum Gasteiger partial charge on any atom is 0.336 e. The van der Waals surface area contributed by atoms with Crippen LogP contribution >= 0.6 is 0 Å². The van der Waals surface area contributed by atoms with Crippen molar-refractivity contribution in [2.75, 3.05) is 7.11 Å². The summed E-state index contributed by atoms with van der Waals surface area (Å²) in [5.74, 6) is 1.12. The van der Waals surface area contributed by atoms with Crippen LogP contribution in [0.25, 0.3) is 11.0 Å². The second-order valence-corrected chi connectivity index (χ2v) is 5.70. The normalized spacial score (nSPS) is 11.4. The Hall–Kier alpha value is -2.49. The Morgan fingerprint density at radius 3 is 2.65 bits per heavy atom. The summed E-state index contributed by atoms with van der Waals surface area (Å²) in [5, 5.41) is 0.790. The van der Waals surface area contributed by atoms with Crippen LogP contribution in [0.1, 0.15) is 33.6 Å². The Morgan fingerprint density at radius 2 is 1.96 bits per heavy atom. The van der Waals surface area contributed by atoms with Crippen LogP contribution in [0.15, 0.2) is 57.0 Å². The molecule has 23 heavy (non-hydrogen) atoms. The van der Waals surface area contributed by atoms with E-state index in [4.69, 9.17) is 13.9 Å². The first-order chi connectivity index (χ1) is 11.0. The zero-order valence-corrected chi connectivity index (χ0v) is 14.0. The molecule has 0 aliphatic heterocycles. The fraction of sp³-hybridized carbons (Fsp3) is 0.316. The minimum Gasteiger partial charge on any atom is -0.493 e. The summed E-state index contributed by atoms with van der Waals surface area (Å²) in [5.41, 5.74) is 2.52. The Morgan fingerprint density at radius 1 is 1.17 bits per heavy atom. The molecule has 2 aromatic rings. The van der Waals surface area contributed by atoms with Crippen LogP contribution in [0.3, 0.4) is 0 Å². The lowest BCUT2D eigenvalue weighted by Gasteiger charge is -2.09. The average molecular weight is 314 g/mol. The van der Waals surface area contributed by atoms with Crippen molar-refractivity contribution in [3.05, 3.63) is 58.2 Å². The smallest absolute Gasteiger partial charge is 0.336 e. The Kier molecular flexibility index (Phi) is 5.63. The maximum absolute atomic E-state index is 11.3. The third kappa shape index (κ3) is 4.74. The minimum absolute atomic E-state index is 0.387. The van der Waals surface area contributed by atoms with Gasteiger partial charge in [-0.2, -0.15) is 0 Å². The van der Waals surface area contributed by atoms with E-state index in [1.807, 2.05) is 6.92 Å². The molecule has 0 unspecified atom stereocenters. The molecule has 0 saturated carbocycles. The van der Waals surface area contributed by atoms with Gasteiger partial charge in [0.1, 0.15) is 5.58 Å². The van der Waals surface area contributed by atoms with Gasteiger partial charge in [0, 0.05) is 17.5 Å². The van der Waals surface area contributed by atoms with Crippen molar-refractivity contribution in [2.24, 2.45) is 0 Å². The predicted octanol–water partition coefficient (Wildman–Crippen LogP) is 4.83. The van der Waals surface area contributed by atoms with Crippen molar-refractivity contribution in [2.45, 2.75) is 33.6 Å². The predicted molar refractivity (Wildman–Crippen MR) is 92.1 cm³/mol. The van der Waals surface area contributed by atoms with Gasteiger partial charge in [0.15, 0.2) is 11.5 Å². The van der Waals surface area contributed by atoms with Gasteiger partial charge < -0.3 is 13.9 Å². The summed E-state index contributed by atoms with van der Waals surface area (Å²) in [7, 11) is 1.58. The third-order valence-corrected chi connectivity index (χ3v) is 3.38. The number of hydrogen-bond donors (Lipinski definition) is 0. The van der Waals surface area contributed by atoms with Crippen LogP contribution in [0.5, 0.6) is 11.5 Å². The zero-order chi connectivity index (χ0) is 16.8. The van der Waals surface area contributed by atoms with E-state index in [1.165, 1.54) is 11.6 Å². The van der Waals surface area contributed by atoms with E-state index in [9.17, 15) is 4.79 Å². The van der Waals surface area contributed by atoms with Gasteiger partial charge in [-0.15, -0.1) is 0 Å². The Balaban J connectivity index is 2.21. The molecule has 4 heteroatoms. The molecule has 0 fully saturated rings. The van der Waals surface area contributed by atoms with Crippen LogP contribution in [0.2, 0.25) is 0 Å². The highest BCUT2D eigenvalue weighted by Gasteiger charge is 2.08. The number of fused-ring (bicyclic) bond motifs is 1. The lowest BCUT2D eigenvalue weighted by Crippen LogP contribution is -1.96. The molecule has 2 rings (SSSR count). The van der Waals surface area contributed by atoms with Crippen molar-refractivity contribution in [1.82, 2.24) is 0 Å². The molecule has 0 spiro atoms. The summed E-state index contributed by atoms with van der Waals surface area (Å²) >= 11 is 0. The minimum atomic E-state index is -0.387. The van der Waals surface area contributed by atoms with E-state index < -0.39 is 0 Å². The van der Waals surface area contributed by atoms with E-state index in [0.717, 1.165) is 23.8 Å². The fourth-order valence-corrected chi connectivity index (χ4v) is 2.14. The second kappa shape index (κ2) is 7.68. The standard InChI is InChI=1S/C19H22O4/c1-13(2)6-5-7-14(3)12-22-18-11-16-15(10-17(18)21-4)8-9-19(20)23-16/h6,8-12H,5,7H2,1-4H3/b14-12+. The topological polar surface area (TPSA) is 48.7 Å². The highest BCUT2D eigenvalue weighted by atomic mass is 16.5. The van der Waals surface area contributed by atoms with Gasteiger partial charge in [0.2, 0.25) is 0 Å². The van der Waals surface area contributed by atoms with E-state index in [-0.39, 0.29) is 5.63 Å². The van der Waals surface area contributed by atoms with E-state index in [0.29, 0.717) is 17.1 Å². The second-order valence-electron chi connectivity index (χ2n) is 5.70. The number of rotatable bonds is 6. The van der Waals surface area contributed by atoms with Gasteiger partial charge in [-0.1, -0.05) is 11.6 Å². The monoisotopic (exact) mass is 314 g/mol. The Labute approximate surface area is 136 Å². The maximum atomic E-state index is 11.3. The molecule has 1 aromatic heterocycles. The van der Waals surface area contributed by atoms with Crippen LogP contribution in [-0.4, -0.2) is 7.11 Å². The van der Waals surface area contributed by atoms with Crippen molar-refractivity contribution in [3.63, 3.8) is 0 Å². The number of methoxy groups -OCH3 is 1. The quantitative estimate of drug-likeness (QED) is 0.435. The van der Waals surface area contributed by atoms with Gasteiger partial charge in [-0.3, -0.25) is 0 Å². The first kappa shape index (κ1) is 16.9. The summed E-state index contributed by atoms with van der Waals surface area (Å²) < 4.78 is 16.3. The summed E-state index contributed by atoms with van der Waals surface area (Å²) in [6, 6.07) is 6.55. The highest BCUT2D eigenvalue weighted by Crippen LogP contribution is 2.32. The largest absolute Gasteiger partial charge is 0.493 e. The van der Waals surface area contributed by atoms with Gasteiger partial charge in [0.05, 0.1) is 13.4 Å². The first-order valence-corrected chi connectivity index (χ1v) is 7.57. The molecule has 1 aromatic carbocycles. The first-order valence-electron chi connectivity index (χ1n) is 7.57. The summed E-state index contributed by atoms with van der Waals surface area (Å²) in [6.45, 7) is 6.19. The molecule has 0 aliphatic carbocycles. The number of allylic oxidation sites excluding steroid dienone is 3. The molecular weight excluding hydrogens is 292 g/mol. The van der Waals surface area contributed by atoms with E-state index >= 15 is 0 Å². The molecule has 0 aliphatic rings. The molecule has 122 valence electrons. The SMILES string of the molecule is COc1cc2ccc(=O)oc2cc1O/C=C(\C)CCC=C(C)C. The van der Waals surface area contributed by atoms with E-state index in [2.05, 4.69) is 19.9 Å². The van der Waals surface area contributed by atoms with Crippen molar-refractivity contribution in [1.29, 1.82) is 0 Å². The van der Waals surface area contributed by atoms with Crippen LogP contribution < -0.4 is 15.1 Å².